The van der Waals surface area contributed by atoms with Gasteiger partial charge in [-0.05, 0) is 63.0 Å². The molecule has 0 bridgehead atoms. The number of fused-ring (bicyclic) bond motifs is 3. The zero-order valence-electron chi connectivity index (χ0n) is 17.2. The number of rotatable bonds is 3. The Balaban J connectivity index is 1.49. The Morgan fingerprint density at radius 2 is 2.03 bits per heavy atom. The molecule has 0 aromatic carbocycles. The van der Waals surface area contributed by atoms with Crippen molar-refractivity contribution in [3.05, 3.63) is 23.8 Å². The van der Waals surface area contributed by atoms with Crippen molar-refractivity contribution in [1.82, 2.24) is 0 Å². The molecule has 5 aliphatic rings. The van der Waals surface area contributed by atoms with Gasteiger partial charge in [-0.3, -0.25) is 14.4 Å². The fourth-order valence-corrected chi connectivity index (χ4v) is 7.40. The van der Waals surface area contributed by atoms with Gasteiger partial charge in [-0.2, -0.15) is 0 Å². The highest BCUT2D eigenvalue weighted by Gasteiger charge is 2.81. The monoisotopic (exact) mass is 400 g/mol. The van der Waals surface area contributed by atoms with Crippen molar-refractivity contribution >= 4 is 17.5 Å². The van der Waals surface area contributed by atoms with Gasteiger partial charge >= 0.3 is 5.97 Å². The third-order valence-electron chi connectivity index (χ3n) is 8.95. The third kappa shape index (κ3) is 2.17. The molecule has 3 saturated carbocycles. The second-order valence-electron chi connectivity index (χ2n) is 9.98. The first kappa shape index (κ1) is 19.2. The van der Waals surface area contributed by atoms with Crippen LogP contribution >= 0.6 is 0 Å². The molecular formula is C23H28O6. The maximum absolute atomic E-state index is 12.9. The molecule has 29 heavy (non-hydrogen) atoms. The summed E-state index contributed by atoms with van der Waals surface area (Å²) in [6.45, 7) is 5.06. The molecule has 0 amide bonds. The number of carbonyl (C=O) groups excluding carboxylic acids is 3. The summed E-state index contributed by atoms with van der Waals surface area (Å²) < 4.78 is 11.4. The molecule has 2 unspecified atom stereocenters. The minimum atomic E-state index is -1.50. The third-order valence-corrected chi connectivity index (χ3v) is 8.95. The van der Waals surface area contributed by atoms with E-state index in [0.717, 1.165) is 24.8 Å². The maximum Gasteiger partial charge on any atom is 0.303 e. The van der Waals surface area contributed by atoms with Crippen LogP contribution in [0.3, 0.4) is 0 Å². The maximum atomic E-state index is 12.9. The first-order valence-corrected chi connectivity index (χ1v) is 10.6. The fraction of sp³-hybridized carbons (Fsp3) is 0.696. The molecule has 7 atom stereocenters. The van der Waals surface area contributed by atoms with Gasteiger partial charge in [0.2, 0.25) is 5.78 Å². The zero-order valence-corrected chi connectivity index (χ0v) is 17.2. The lowest BCUT2D eigenvalue weighted by atomic mass is 9.47. The summed E-state index contributed by atoms with van der Waals surface area (Å²) in [7, 11) is 0. The van der Waals surface area contributed by atoms with Crippen molar-refractivity contribution in [3.8, 4) is 0 Å². The fourth-order valence-electron chi connectivity index (χ4n) is 7.40. The average molecular weight is 400 g/mol. The summed E-state index contributed by atoms with van der Waals surface area (Å²) in [5, 5.41) is 11.5. The number of hydrogen-bond acceptors (Lipinski definition) is 6. The SMILES string of the molecule is CC(=O)OCC(=O)[C@@]1(O)CC[C@H]2[C@@H]3CCC4=CC(=O)C=CC4(C)[C@@]34O[C@H]4CC21C. The van der Waals surface area contributed by atoms with Gasteiger partial charge in [-0.15, -0.1) is 0 Å². The van der Waals surface area contributed by atoms with Gasteiger partial charge in [0.25, 0.3) is 0 Å². The van der Waals surface area contributed by atoms with E-state index in [4.69, 9.17) is 9.47 Å². The molecule has 6 nitrogen and oxygen atoms in total. The number of aliphatic hydroxyl groups is 1. The summed E-state index contributed by atoms with van der Waals surface area (Å²) in [6, 6.07) is 0. The van der Waals surface area contributed by atoms with Gasteiger partial charge in [-0.25, -0.2) is 0 Å². The number of epoxide rings is 1. The molecule has 1 heterocycles. The van der Waals surface area contributed by atoms with Crippen LogP contribution in [0.1, 0.15) is 52.9 Å². The highest BCUT2D eigenvalue weighted by molar-refractivity contribution is 6.01. The van der Waals surface area contributed by atoms with E-state index in [9.17, 15) is 19.5 Å². The average Bonchev–Trinajstić information content (AvgIpc) is 3.32. The molecule has 1 saturated heterocycles. The first-order valence-electron chi connectivity index (χ1n) is 10.6. The van der Waals surface area contributed by atoms with E-state index in [1.54, 1.807) is 12.2 Å². The van der Waals surface area contributed by atoms with Crippen molar-refractivity contribution in [2.24, 2.45) is 22.7 Å². The van der Waals surface area contributed by atoms with Gasteiger partial charge in [0.1, 0.15) is 11.2 Å². The van der Waals surface area contributed by atoms with Gasteiger partial charge in [0.15, 0.2) is 12.4 Å². The van der Waals surface area contributed by atoms with Gasteiger partial charge < -0.3 is 14.6 Å². The van der Waals surface area contributed by atoms with E-state index in [0.29, 0.717) is 12.8 Å². The summed E-state index contributed by atoms with van der Waals surface area (Å²) in [5.74, 6) is -0.514. The zero-order chi connectivity index (χ0) is 20.8. The normalized spacial score (nSPS) is 49.3. The second-order valence-corrected chi connectivity index (χ2v) is 9.98. The number of allylic oxidation sites excluding steroid dienone is 2. The molecule has 5 rings (SSSR count). The molecule has 1 aliphatic heterocycles. The largest absolute Gasteiger partial charge is 0.458 e. The van der Waals surface area contributed by atoms with E-state index < -0.39 is 22.8 Å². The van der Waals surface area contributed by atoms with E-state index in [-0.39, 0.29) is 41.3 Å². The Hall–Kier alpha value is -1.79. The van der Waals surface area contributed by atoms with Crippen molar-refractivity contribution in [2.75, 3.05) is 6.61 Å². The second kappa shape index (κ2) is 5.67. The number of ketones is 2. The molecule has 0 aromatic heterocycles. The molecule has 156 valence electrons. The molecular weight excluding hydrogens is 372 g/mol. The smallest absolute Gasteiger partial charge is 0.303 e. The minimum Gasteiger partial charge on any atom is -0.458 e. The van der Waals surface area contributed by atoms with Crippen LogP contribution in [0.15, 0.2) is 23.8 Å². The Labute approximate surface area is 170 Å². The van der Waals surface area contributed by atoms with E-state index in [1.807, 2.05) is 13.0 Å². The van der Waals surface area contributed by atoms with Crippen LogP contribution < -0.4 is 0 Å². The molecule has 0 aromatic rings. The topological polar surface area (TPSA) is 93.2 Å². The van der Waals surface area contributed by atoms with Crippen LogP contribution in [0.4, 0.5) is 0 Å². The Kier molecular flexibility index (Phi) is 3.75. The van der Waals surface area contributed by atoms with Crippen LogP contribution in [-0.4, -0.2) is 46.6 Å². The standard InChI is InChI=1S/C23H28O6/c1-13(24)28-12-18(26)22(27)9-7-16-17-5-4-14-10-15(25)6-8-20(14,2)23(17)19(29-23)11-21(16,22)3/h6,8,10,16-17,19,27H,4-5,7,9,11-12H2,1-3H3/t16-,17-,19-,20?,21?,22-,23+/m0/s1. The highest BCUT2D eigenvalue weighted by Crippen LogP contribution is 2.75. The number of Topliss-reactive ketones (excluding diaryl/α,β-unsaturated/α-hetero) is 1. The number of ether oxygens (including phenoxy) is 2. The lowest BCUT2D eigenvalue weighted by molar-refractivity contribution is -0.165. The summed E-state index contributed by atoms with van der Waals surface area (Å²) in [4.78, 5) is 36.0. The molecule has 4 fully saturated rings. The molecule has 1 N–H and O–H groups in total. The van der Waals surface area contributed by atoms with Crippen molar-refractivity contribution in [3.63, 3.8) is 0 Å². The van der Waals surface area contributed by atoms with Crippen molar-refractivity contribution < 1.29 is 29.0 Å². The van der Waals surface area contributed by atoms with E-state index in [1.165, 1.54) is 6.92 Å². The Morgan fingerprint density at radius 3 is 2.76 bits per heavy atom. The van der Waals surface area contributed by atoms with Crippen molar-refractivity contribution in [2.45, 2.75) is 70.2 Å². The van der Waals surface area contributed by atoms with Crippen LogP contribution in [0.25, 0.3) is 0 Å². The summed E-state index contributed by atoms with van der Waals surface area (Å²) >= 11 is 0. The highest BCUT2D eigenvalue weighted by atomic mass is 16.6. The number of carbonyl (C=O) groups is 3. The van der Waals surface area contributed by atoms with Crippen molar-refractivity contribution in [1.29, 1.82) is 0 Å². The summed E-state index contributed by atoms with van der Waals surface area (Å²) in [6.07, 6.45) is 8.86. The van der Waals surface area contributed by atoms with Crippen LogP contribution in [-0.2, 0) is 23.9 Å². The molecule has 6 heteroatoms. The van der Waals surface area contributed by atoms with E-state index >= 15 is 0 Å². The Bertz CT molecular complexity index is 888. The van der Waals surface area contributed by atoms with Gasteiger partial charge in [0, 0.05) is 17.8 Å². The molecule has 0 radical (unpaired) electrons. The van der Waals surface area contributed by atoms with Crippen LogP contribution in [0.5, 0.6) is 0 Å². The Morgan fingerprint density at radius 1 is 1.28 bits per heavy atom. The van der Waals surface area contributed by atoms with Crippen LogP contribution in [0.2, 0.25) is 0 Å². The lowest BCUT2D eigenvalue weighted by Gasteiger charge is -2.55. The van der Waals surface area contributed by atoms with E-state index in [2.05, 4.69) is 6.92 Å². The molecule has 4 aliphatic carbocycles. The van der Waals surface area contributed by atoms with Gasteiger partial charge in [-0.1, -0.05) is 18.6 Å². The lowest BCUT2D eigenvalue weighted by Crippen LogP contribution is -2.61. The summed E-state index contributed by atoms with van der Waals surface area (Å²) in [5.41, 5.74) is -1.61. The van der Waals surface area contributed by atoms with Crippen LogP contribution in [0, 0.1) is 22.7 Å². The minimum absolute atomic E-state index is 0.0384. The quantitative estimate of drug-likeness (QED) is 0.577. The molecule has 1 spiro atoms. The number of hydrogen-bond donors (Lipinski definition) is 1. The predicted molar refractivity (Wildman–Crippen MR) is 103 cm³/mol. The first-order chi connectivity index (χ1) is 13.6. The number of esters is 1. The van der Waals surface area contributed by atoms with Gasteiger partial charge in [0.05, 0.1) is 6.10 Å². The predicted octanol–water partition coefficient (Wildman–Crippen LogP) is 2.29.